The van der Waals surface area contributed by atoms with E-state index >= 15 is 0 Å². The summed E-state index contributed by atoms with van der Waals surface area (Å²) >= 11 is 0. The number of esters is 1. The minimum absolute atomic E-state index is 0.0305. The lowest BCUT2D eigenvalue weighted by Gasteiger charge is -2.11. The van der Waals surface area contributed by atoms with Crippen molar-refractivity contribution in [2.75, 3.05) is 20.3 Å². The van der Waals surface area contributed by atoms with E-state index in [0.717, 1.165) is 17.5 Å². The molecule has 0 atom stereocenters. The number of methoxy groups -OCH3 is 1. The van der Waals surface area contributed by atoms with Crippen LogP contribution in [0.25, 0.3) is 17.2 Å². The number of hydrogen-bond acceptors (Lipinski definition) is 6. The number of hydrogen-bond donors (Lipinski definition) is 1. The van der Waals surface area contributed by atoms with E-state index in [9.17, 15) is 14.9 Å². The molecule has 0 fully saturated rings. The summed E-state index contributed by atoms with van der Waals surface area (Å²) in [6.45, 7) is 4.16. The zero-order chi connectivity index (χ0) is 25.9. The number of ether oxygens (including phenoxy) is 3. The Hall–Kier alpha value is -4.57. The topological polar surface area (TPSA) is 97.7 Å². The number of benzene rings is 3. The van der Waals surface area contributed by atoms with Crippen LogP contribution in [0.3, 0.4) is 0 Å². The molecule has 0 aromatic heterocycles. The Kier molecular flexibility index (Phi) is 9.24. The maximum absolute atomic E-state index is 12.4. The number of aryl methyl sites for hydroxylation is 1. The molecule has 0 bridgehead atoms. The second-order valence-electron chi connectivity index (χ2n) is 7.99. The van der Waals surface area contributed by atoms with Crippen molar-refractivity contribution < 1.29 is 23.8 Å². The van der Waals surface area contributed by atoms with E-state index in [4.69, 9.17) is 14.2 Å². The van der Waals surface area contributed by atoms with Gasteiger partial charge in [-0.2, -0.15) is 5.26 Å². The Morgan fingerprint density at radius 2 is 1.64 bits per heavy atom. The molecule has 3 aromatic rings. The molecule has 36 heavy (non-hydrogen) atoms. The van der Waals surface area contributed by atoms with Gasteiger partial charge in [-0.25, -0.2) is 4.79 Å². The number of rotatable bonds is 10. The fourth-order valence-corrected chi connectivity index (χ4v) is 3.29. The summed E-state index contributed by atoms with van der Waals surface area (Å²) in [6.07, 6.45) is 2.21. The fraction of sp³-hybridized carbons (Fsp3) is 0.207. The van der Waals surface area contributed by atoms with Gasteiger partial charge in [-0.3, -0.25) is 4.79 Å². The highest BCUT2D eigenvalue weighted by molar-refractivity contribution is 6.01. The molecule has 0 aliphatic carbocycles. The van der Waals surface area contributed by atoms with Crippen molar-refractivity contribution in [3.05, 3.63) is 83.4 Å². The number of carbonyl (C=O) groups excluding carboxylic acids is 2. The summed E-state index contributed by atoms with van der Waals surface area (Å²) in [4.78, 5) is 24.4. The molecule has 3 rings (SSSR count). The summed E-state index contributed by atoms with van der Waals surface area (Å²) in [5.41, 5.74) is 3.87. The Bertz CT molecular complexity index is 1270. The van der Waals surface area contributed by atoms with Crippen molar-refractivity contribution in [1.29, 1.82) is 5.26 Å². The van der Waals surface area contributed by atoms with Crippen molar-refractivity contribution in [3.8, 4) is 34.4 Å². The van der Waals surface area contributed by atoms with Crippen molar-refractivity contribution in [1.82, 2.24) is 5.32 Å². The first-order valence-electron chi connectivity index (χ1n) is 11.5. The van der Waals surface area contributed by atoms with E-state index in [2.05, 4.69) is 29.6 Å². The predicted octanol–water partition coefficient (Wildman–Crippen LogP) is 5.09. The summed E-state index contributed by atoms with van der Waals surface area (Å²) in [5.74, 6) is -0.0212. The van der Waals surface area contributed by atoms with Crippen LogP contribution < -0.4 is 19.5 Å². The SMILES string of the molecule is CCCNC(=O)/C(C#N)=C/c1ccc(OC(=O)COc2ccc(-c3ccc(C)cc3)cc2)c(OC)c1. The lowest BCUT2D eigenvalue weighted by molar-refractivity contribution is -0.136. The molecule has 1 amide bonds. The quantitative estimate of drug-likeness (QED) is 0.186. The van der Waals surface area contributed by atoms with E-state index in [1.807, 2.05) is 32.0 Å². The highest BCUT2D eigenvalue weighted by atomic mass is 16.6. The highest BCUT2D eigenvalue weighted by Gasteiger charge is 2.13. The van der Waals surface area contributed by atoms with Gasteiger partial charge in [0.05, 0.1) is 7.11 Å². The van der Waals surface area contributed by atoms with Crippen LogP contribution in [0.5, 0.6) is 17.2 Å². The average molecular weight is 485 g/mol. The number of nitrogens with one attached hydrogen (secondary N) is 1. The summed E-state index contributed by atoms with van der Waals surface area (Å²) in [6, 6.07) is 22.3. The number of carbonyl (C=O) groups is 2. The highest BCUT2D eigenvalue weighted by Crippen LogP contribution is 2.29. The zero-order valence-electron chi connectivity index (χ0n) is 20.5. The standard InChI is InChI=1S/C29H28N2O5/c1-4-15-31-29(33)24(18-30)16-21-7-14-26(27(17-21)34-3)36-28(32)19-35-25-12-10-23(11-13-25)22-8-5-20(2)6-9-22/h5-14,16-17H,4,15,19H2,1-3H3,(H,31,33)/b24-16+. The molecule has 3 aromatic carbocycles. The van der Waals surface area contributed by atoms with E-state index in [0.29, 0.717) is 17.9 Å². The van der Waals surface area contributed by atoms with Crippen LogP contribution >= 0.6 is 0 Å². The van der Waals surface area contributed by atoms with Gasteiger partial charge in [0, 0.05) is 6.54 Å². The molecular formula is C29H28N2O5. The summed E-state index contributed by atoms with van der Waals surface area (Å²) in [5, 5.41) is 12.0. The van der Waals surface area contributed by atoms with E-state index < -0.39 is 11.9 Å². The predicted molar refractivity (Wildman–Crippen MR) is 138 cm³/mol. The molecule has 184 valence electrons. The van der Waals surface area contributed by atoms with Crippen LogP contribution in [-0.4, -0.2) is 32.1 Å². The Morgan fingerprint density at radius 3 is 2.25 bits per heavy atom. The first-order chi connectivity index (χ1) is 17.4. The Labute approximate surface area is 210 Å². The van der Waals surface area contributed by atoms with Gasteiger partial charge in [-0.15, -0.1) is 0 Å². The maximum Gasteiger partial charge on any atom is 0.349 e. The first kappa shape index (κ1) is 26.0. The number of amides is 1. The van der Waals surface area contributed by atoms with Gasteiger partial charge in [0.25, 0.3) is 5.91 Å². The van der Waals surface area contributed by atoms with Crippen molar-refractivity contribution in [2.24, 2.45) is 0 Å². The minimum atomic E-state index is -0.601. The molecule has 0 unspecified atom stereocenters. The molecule has 7 heteroatoms. The van der Waals surface area contributed by atoms with Crippen molar-refractivity contribution >= 4 is 18.0 Å². The van der Waals surface area contributed by atoms with Gasteiger partial charge in [0.2, 0.25) is 0 Å². The fourth-order valence-electron chi connectivity index (χ4n) is 3.29. The summed E-state index contributed by atoms with van der Waals surface area (Å²) in [7, 11) is 1.44. The van der Waals surface area contributed by atoms with E-state index in [1.165, 1.54) is 24.8 Å². The Morgan fingerprint density at radius 1 is 0.972 bits per heavy atom. The average Bonchev–Trinajstić information content (AvgIpc) is 2.90. The Balaban J connectivity index is 1.61. The summed E-state index contributed by atoms with van der Waals surface area (Å²) < 4.78 is 16.3. The smallest absolute Gasteiger partial charge is 0.349 e. The van der Waals surface area contributed by atoms with Crippen LogP contribution in [0.4, 0.5) is 0 Å². The van der Waals surface area contributed by atoms with Crippen LogP contribution in [0.1, 0.15) is 24.5 Å². The molecule has 0 radical (unpaired) electrons. The molecule has 0 spiro atoms. The third-order valence-electron chi connectivity index (χ3n) is 5.22. The molecule has 0 saturated carbocycles. The molecule has 0 aliphatic rings. The lowest BCUT2D eigenvalue weighted by atomic mass is 10.0. The lowest BCUT2D eigenvalue weighted by Crippen LogP contribution is -2.25. The molecule has 7 nitrogen and oxygen atoms in total. The van der Waals surface area contributed by atoms with Gasteiger partial charge in [-0.1, -0.05) is 55.0 Å². The first-order valence-corrected chi connectivity index (χ1v) is 11.5. The second-order valence-corrected chi connectivity index (χ2v) is 7.99. The molecular weight excluding hydrogens is 456 g/mol. The maximum atomic E-state index is 12.4. The van der Waals surface area contributed by atoms with Gasteiger partial charge in [0.1, 0.15) is 17.4 Å². The van der Waals surface area contributed by atoms with Gasteiger partial charge in [-0.05, 0) is 60.4 Å². The second kappa shape index (κ2) is 12.8. The molecule has 0 aliphatic heterocycles. The molecule has 1 N–H and O–H groups in total. The monoisotopic (exact) mass is 484 g/mol. The molecule has 0 saturated heterocycles. The zero-order valence-corrected chi connectivity index (χ0v) is 20.5. The third kappa shape index (κ3) is 7.21. The van der Waals surface area contributed by atoms with Crippen LogP contribution in [-0.2, 0) is 9.59 Å². The minimum Gasteiger partial charge on any atom is -0.493 e. The third-order valence-corrected chi connectivity index (χ3v) is 5.22. The van der Waals surface area contributed by atoms with E-state index in [1.54, 1.807) is 24.3 Å². The number of nitriles is 1. The number of nitrogens with zero attached hydrogens (tertiary/aromatic N) is 1. The molecule has 0 heterocycles. The van der Waals surface area contributed by atoms with E-state index in [-0.39, 0.29) is 23.7 Å². The van der Waals surface area contributed by atoms with Gasteiger partial charge < -0.3 is 19.5 Å². The van der Waals surface area contributed by atoms with Crippen LogP contribution in [0.15, 0.2) is 72.3 Å². The van der Waals surface area contributed by atoms with Crippen molar-refractivity contribution in [2.45, 2.75) is 20.3 Å². The van der Waals surface area contributed by atoms with Gasteiger partial charge in [0.15, 0.2) is 18.1 Å². The van der Waals surface area contributed by atoms with Crippen molar-refractivity contribution in [3.63, 3.8) is 0 Å². The largest absolute Gasteiger partial charge is 0.493 e. The normalized spacial score (nSPS) is 10.8. The van der Waals surface area contributed by atoms with Crippen LogP contribution in [0.2, 0.25) is 0 Å². The van der Waals surface area contributed by atoms with Gasteiger partial charge >= 0.3 is 5.97 Å². The van der Waals surface area contributed by atoms with Crippen LogP contribution in [0, 0.1) is 18.3 Å².